The largest absolute Gasteiger partial charge is 0.0622 e. The molecule has 288 valence electrons. The molecule has 9 aromatic rings. The Morgan fingerprint density at radius 2 is 0.224 bits per heavy atom. The van der Waals surface area contributed by atoms with Crippen molar-refractivity contribution in [3.8, 4) is 0 Å². The van der Waals surface area contributed by atoms with Gasteiger partial charge < -0.3 is 0 Å². The van der Waals surface area contributed by atoms with Gasteiger partial charge in [-0.2, -0.15) is 0 Å². The summed E-state index contributed by atoms with van der Waals surface area (Å²) in [4.78, 5) is 0. The predicted molar refractivity (Wildman–Crippen MR) is 260 cm³/mol. The molecule has 0 spiro atoms. The van der Waals surface area contributed by atoms with Crippen molar-refractivity contribution in [1.29, 1.82) is 0 Å². The molecular formula is C54H48CoP3. The fourth-order valence-corrected chi connectivity index (χ4v) is 13.5. The van der Waals surface area contributed by atoms with E-state index >= 15 is 0 Å². The van der Waals surface area contributed by atoms with Gasteiger partial charge in [0.2, 0.25) is 0 Å². The molecule has 0 heterocycles. The zero-order valence-electron chi connectivity index (χ0n) is 32.2. The fraction of sp³-hybridized carbons (Fsp3) is 0. The summed E-state index contributed by atoms with van der Waals surface area (Å²) in [6, 6.07) is 97.0. The topological polar surface area (TPSA) is 0 Å². The summed E-state index contributed by atoms with van der Waals surface area (Å²) >= 11 is 0. The Morgan fingerprint density at radius 1 is 0.138 bits per heavy atom. The number of hydrogen-bond donors (Lipinski definition) is 0. The first kappa shape index (κ1) is 42.4. The molecule has 0 bridgehead atoms. The van der Waals surface area contributed by atoms with E-state index < -0.39 is 23.8 Å². The Bertz CT molecular complexity index is 1860. The summed E-state index contributed by atoms with van der Waals surface area (Å²) in [7, 11) is -1.34. The number of rotatable bonds is 9. The van der Waals surface area contributed by atoms with E-state index in [9.17, 15) is 0 Å². The van der Waals surface area contributed by atoms with E-state index in [0.29, 0.717) is 0 Å². The third-order valence-corrected chi connectivity index (χ3v) is 16.5. The van der Waals surface area contributed by atoms with Gasteiger partial charge in [-0.05, 0) is 71.5 Å². The maximum absolute atomic E-state index is 2.23. The first-order valence-corrected chi connectivity index (χ1v) is 23.2. The van der Waals surface area contributed by atoms with Crippen LogP contribution in [0.2, 0.25) is 0 Å². The normalized spacial score (nSPS) is 10.4. The third-order valence-electron chi connectivity index (χ3n) is 9.13. The Balaban J connectivity index is 0.000000145. The SMILES string of the molecule is [CoH3].c1ccc(P(c2ccccc2)c2ccccc2)cc1.c1ccc(P(c2ccccc2)c2ccccc2)cc1.c1ccc(P(c2ccccc2)c2ccccc2)cc1. The van der Waals surface area contributed by atoms with Crippen molar-refractivity contribution in [3.05, 3.63) is 273 Å². The first-order chi connectivity index (χ1) is 28.3. The zero-order chi connectivity index (χ0) is 38.7. The molecule has 0 N–H and O–H groups in total. The van der Waals surface area contributed by atoms with E-state index in [0.717, 1.165) is 0 Å². The standard InChI is InChI=1S/3C18H15P.Co.3H/c3*1-4-10-16(11-5-1)19(17-12-6-2-7-13-17)18-14-8-3-9-15-18;;;;/h3*1-15H;;;;. The summed E-state index contributed by atoms with van der Waals surface area (Å²) in [5.41, 5.74) is 0. The third kappa shape index (κ3) is 11.9. The minimum Gasteiger partial charge on any atom is -0.0622 e. The van der Waals surface area contributed by atoms with Crippen molar-refractivity contribution in [1.82, 2.24) is 0 Å². The molecule has 0 aliphatic heterocycles. The Hall–Kier alpha value is -5.22. The van der Waals surface area contributed by atoms with Gasteiger partial charge in [-0.3, -0.25) is 0 Å². The van der Waals surface area contributed by atoms with Crippen LogP contribution in [-0.4, -0.2) is 0 Å². The van der Waals surface area contributed by atoms with Crippen LogP contribution in [0.15, 0.2) is 273 Å². The molecule has 0 aromatic heterocycles. The minimum absolute atomic E-state index is 0. The Labute approximate surface area is 359 Å². The summed E-state index contributed by atoms with van der Waals surface area (Å²) < 4.78 is 0. The summed E-state index contributed by atoms with van der Waals surface area (Å²) in [6.07, 6.45) is 0. The molecule has 0 amide bonds. The molecule has 1 radical (unpaired) electrons. The molecule has 0 saturated heterocycles. The number of benzene rings is 9. The molecule has 58 heavy (non-hydrogen) atoms. The van der Waals surface area contributed by atoms with Crippen LogP contribution in [0.4, 0.5) is 0 Å². The fourth-order valence-electron chi connectivity index (χ4n) is 6.54. The Kier molecular flexibility index (Phi) is 17.0. The van der Waals surface area contributed by atoms with Gasteiger partial charge >= 0.3 is 16.8 Å². The summed E-state index contributed by atoms with van der Waals surface area (Å²) in [5.74, 6) is 0. The van der Waals surface area contributed by atoms with Crippen LogP contribution in [-0.2, 0) is 16.8 Å². The second-order valence-electron chi connectivity index (χ2n) is 13.0. The van der Waals surface area contributed by atoms with Gasteiger partial charge in [0.15, 0.2) is 0 Å². The van der Waals surface area contributed by atoms with Crippen LogP contribution >= 0.6 is 23.8 Å². The van der Waals surface area contributed by atoms with Gasteiger partial charge in [-0.15, -0.1) is 0 Å². The van der Waals surface area contributed by atoms with Gasteiger partial charge in [0, 0.05) is 0 Å². The van der Waals surface area contributed by atoms with Gasteiger partial charge in [-0.25, -0.2) is 0 Å². The predicted octanol–water partition coefficient (Wildman–Crippen LogP) is 9.53. The van der Waals surface area contributed by atoms with E-state index in [-0.39, 0.29) is 16.8 Å². The molecular weight excluding hydrogens is 800 g/mol. The first-order valence-electron chi connectivity index (χ1n) is 19.2. The van der Waals surface area contributed by atoms with Crippen LogP contribution < -0.4 is 47.7 Å². The maximum atomic E-state index is 2.23. The van der Waals surface area contributed by atoms with Crippen LogP contribution in [0.5, 0.6) is 0 Å². The van der Waals surface area contributed by atoms with Crippen molar-refractivity contribution < 1.29 is 16.8 Å². The van der Waals surface area contributed by atoms with Gasteiger partial charge in [0.05, 0.1) is 0 Å². The molecule has 0 unspecified atom stereocenters. The van der Waals surface area contributed by atoms with Crippen molar-refractivity contribution in [2.45, 2.75) is 0 Å². The smallest absolute Gasteiger partial charge is 0.0134 e. The molecule has 0 fully saturated rings. The van der Waals surface area contributed by atoms with Gasteiger partial charge in [-0.1, -0.05) is 273 Å². The molecule has 0 atom stereocenters. The monoisotopic (exact) mass is 848 g/mol. The van der Waals surface area contributed by atoms with Crippen molar-refractivity contribution in [3.63, 3.8) is 0 Å². The van der Waals surface area contributed by atoms with Crippen LogP contribution in [0, 0.1) is 0 Å². The quantitative estimate of drug-likeness (QED) is 0.127. The van der Waals surface area contributed by atoms with Crippen LogP contribution in [0.3, 0.4) is 0 Å². The summed E-state index contributed by atoms with van der Waals surface area (Å²) in [5, 5.41) is 12.6. The van der Waals surface area contributed by atoms with Crippen LogP contribution in [0.25, 0.3) is 0 Å². The molecule has 0 nitrogen and oxygen atoms in total. The maximum Gasteiger partial charge on any atom is -0.0134 e. The molecule has 0 aliphatic rings. The van der Waals surface area contributed by atoms with E-state index in [2.05, 4.69) is 273 Å². The van der Waals surface area contributed by atoms with Crippen LogP contribution in [0.1, 0.15) is 0 Å². The van der Waals surface area contributed by atoms with Crippen molar-refractivity contribution >= 4 is 71.5 Å². The van der Waals surface area contributed by atoms with Gasteiger partial charge in [0.1, 0.15) is 0 Å². The van der Waals surface area contributed by atoms with E-state index in [1.165, 1.54) is 47.7 Å². The second kappa shape index (κ2) is 23.2. The van der Waals surface area contributed by atoms with Crippen molar-refractivity contribution in [2.24, 2.45) is 0 Å². The summed E-state index contributed by atoms with van der Waals surface area (Å²) in [6.45, 7) is 0. The molecule has 0 saturated carbocycles. The minimum atomic E-state index is -0.446. The zero-order valence-corrected chi connectivity index (χ0v) is 36.2. The van der Waals surface area contributed by atoms with E-state index in [1.807, 2.05) is 0 Å². The van der Waals surface area contributed by atoms with E-state index in [1.54, 1.807) is 0 Å². The molecule has 0 aliphatic carbocycles. The Morgan fingerprint density at radius 3 is 0.310 bits per heavy atom. The molecule has 9 aromatic carbocycles. The van der Waals surface area contributed by atoms with Crippen molar-refractivity contribution in [2.75, 3.05) is 0 Å². The van der Waals surface area contributed by atoms with Gasteiger partial charge in [0.25, 0.3) is 0 Å². The molecule has 9 rings (SSSR count). The van der Waals surface area contributed by atoms with E-state index in [4.69, 9.17) is 0 Å². The number of hydrogen-bond acceptors (Lipinski definition) is 0. The molecule has 4 heteroatoms. The average Bonchev–Trinajstić information content (AvgIpc) is 3.30. The average molecular weight is 849 g/mol. The second-order valence-corrected chi connectivity index (χ2v) is 19.7.